The summed E-state index contributed by atoms with van der Waals surface area (Å²) in [7, 11) is 0. The quantitative estimate of drug-likeness (QED) is 0.680. The number of rotatable bonds is 1. The minimum absolute atomic E-state index is 0.111. The molecule has 1 unspecified atom stereocenters. The van der Waals surface area contributed by atoms with Crippen molar-refractivity contribution in [3.8, 4) is 6.07 Å². The van der Waals surface area contributed by atoms with E-state index in [1.54, 1.807) is 12.4 Å². The molecule has 2 rings (SSSR count). The summed E-state index contributed by atoms with van der Waals surface area (Å²) in [5.41, 5.74) is 1.81. The van der Waals surface area contributed by atoms with Gasteiger partial charge in [0.05, 0.1) is 12.0 Å². The van der Waals surface area contributed by atoms with Crippen LogP contribution in [0.3, 0.4) is 0 Å². The van der Waals surface area contributed by atoms with Gasteiger partial charge in [-0.2, -0.15) is 5.26 Å². The molecule has 0 spiro atoms. The normalized spacial score (nSPS) is 19.5. The molecule has 74 valence electrons. The van der Waals surface area contributed by atoms with E-state index in [0.717, 1.165) is 17.6 Å². The fourth-order valence-corrected chi connectivity index (χ4v) is 1.61. The minimum Gasteiger partial charge on any atom is -0.226 e. The number of allylic oxidation sites excluding steroid dienone is 4. The van der Waals surface area contributed by atoms with Gasteiger partial charge in [0.1, 0.15) is 0 Å². The molecular formula is C11H8ClN3. The predicted molar refractivity (Wildman–Crippen MR) is 57.9 cm³/mol. The summed E-state index contributed by atoms with van der Waals surface area (Å²) >= 11 is 5.60. The van der Waals surface area contributed by atoms with E-state index in [2.05, 4.69) is 16.0 Å². The molecule has 0 N–H and O–H groups in total. The third-order valence-corrected chi connectivity index (χ3v) is 2.46. The Hall–Kier alpha value is -1.66. The Morgan fingerprint density at radius 1 is 1.40 bits per heavy atom. The topological polar surface area (TPSA) is 49.6 Å². The highest BCUT2D eigenvalue weighted by Gasteiger charge is 2.16. The van der Waals surface area contributed by atoms with E-state index in [4.69, 9.17) is 16.9 Å². The van der Waals surface area contributed by atoms with Crippen molar-refractivity contribution in [1.29, 1.82) is 5.26 Å². The summed E-state index contributed by atoms with van der Waals surface area (Å²) < 4.78 is 0. The zero-order valence-corrected chi connectivity index (χ0v) is 8.65. The molecule has 1 aliphatic rings. The van der Waals surface area contributed by atoms with Gasteiger partial charge < -0.3 is 0 Å². The number of hydrogen-bond donors (Lipinski definition) is 0. The second kappa shape index (κ2) is 4.24. The molecule has 0 aliphatic heterocycles. The molecule has 0 radical (unpaired) electrons. The maximum Gasteiger partial charge on any atom is 0.222 e. The van der Waals surface area contributed by atoms with Crippen LogP contribution in [0.4, 0.5) is 0 Å². The lowest BCUT2D eigenvalue weighted by Gasteiger charge is -2.14. The zero-order chi connectivity index (χ0) is 10.7. The van der Waals surface area contributed by atoms with E-state index in [1.807, 2.05) is 18.2 Å². The van der Waals surface area contributed by atoms with E-state index in [-0.39, 0.29) is 11.2 Å². The SMILES string of the molecule is N#CC1CC=CC=C1c1cnc(Cl)nc1. The van der Waals surface area contributed by atoms with Crippen molar-refractivity contribution in [3.05, 3.63) is 41.5 Å². The molecular weight excluding hydrogens is 210 g/mol. The van der Waals surface area contributed by atoms with Crippen LogP contribution in [0.2, 0.25) is 5.28 Å². The Balaban J connectivity index is 2.37. The molecule has 1 aromatic rings. The van der Waals surface area contributed by atoms with Gasteiger partial charge in [-0.1, -0.05) is 18.2 Å². The lowest BCUT2D eigenvalue weighted by atomic mass is 9.89. The van der Waals surface area contributed by atoms with Gasteiger partial charge in [0, 0.05) is 18.0 Å². The van der Waals surface area contributed by atoms with Crippen LogP contribution in [0, 0.1) is 17.2 Å². The predicted octanol–water partition coefficient (Wildman–Crippen LogP) is 2.61. The average Bonchev–Trinajstić information content (AvgIpc) is 2.30. The average molecular weight is 218 g/mol. The molecule has 1 aliphatic carbocycles. The summed E-state index contributed by atoms with van der Waals surface area (Å²) in [5, 5.41) is 9.21. The van der Waals surface area contributed by atoms with Crippen LogP contribution in [-0.4, -0.2) is 9.97 Å². The van der Waals surface area contributed by atoms with Crippen LogP contribution < -0.4 is 0 Å². The monoisotopic (exact) mass is 217 g/mol. The highest BCUT2D eigenvalue weighted by molar-refractivity contribution is 6.28. The molecule has 1 heterocycles. The molecule has 1 aromatic heterocycles. The largest absolute Gasteiger partial charge is 0.226 e. The third kappa shape index (κ3) is 2.05. The van der Waals surface area contributed by atoms with E-state index in [0.29, 0.717) is 0 Å². The third-order valence-electron chi connectivity index (χ3n) is 2.27. The van der Waals surface area contributed by atoms with Gasteiger partial charge in [0.15, 0.2) is 0 Å². The molecule has 0 amide bonds. The summed E-state index contributed by atoms with van der Waals surface area (Å²) in [6.45, 7) is 0. The highest BCUT2D eigenvalue weighted by Crippen LogP contribution is 2.28. The Morgan fingerprint density at radius 2 is 2.13 bits per heavy atom. The molecule has 0 aromatic carbocycles. The fraction of sp³-hybridized carbons (Fsp3) is 0.182. The summed E-state index contributed by atoms with van der Waals surface area (Å²) in [6, 6.07) is 2.26. The lowest BCUT2D eigenvalue weighted by Crippen LogP contribution is -2.03. The van der Waals surface area contributed by atoms with E-state index < -0.39 is 0 Å². The Labute approximate surface area is 92.7 Å². The van der Waals surface area contributed by atoms with Crippen molar-refractivity contribution < 1.29 is 0 Å². The van der Waals surface area contributed by atoms with Crippen LogP contribution >= 0.6 is 11.6 Å². The van der Waals surface area contributed by atoms with Crippen LogP contribution in [0.1, 0.15) is 12.0 Å². The van der Waals surface area contributed by atoms with Gasteiger partial charge >= 0.3 is 0 Å². The second-order valence-corrected chi connectivity index (χ2v) is 3.55. The molecule has 0 saturated carbocycles. The van der Waals surface area contributed by atoms with Crippen molar-refractivity contribution in [2.24, 2.45) is 5.92 Å². The van der Waals surface area contributed by atoms with Crippen molar-refractivity contribution in [1.82, 2.24) is 9.97 Å². The number of halogens is 1. The van der Waals surface area contributed by atoms with Crippen molar-refractivity contribution in [2.45, 2.75) is 6.42 Å². The fourth-order valence-electron chi connectivity index (χ4n) is 1.51. The Bertz CT molecular complexity index is 454. The summed E-state index contributed by atoms with van der Waals surface area (Å²) in [4.78, 5) is 7.81. The Morgan fingerprint density at radius 3 is 2.80 bits per heavy atom. The summed E-state index contributed by atoms with van der Waals surface area (Å²) in [5.74, 6) is -0.111. The highest BCUT2D eigenvalue weighted by atomic mass is 35.5. The van der Waals surface area contributed by atoms with Gasteiger partial charge in [-0.05, 0) is 23.6 Å². The standard InChI is InChI=1S/C11H8ClN3/c12-11-14-6-9(7-15-11)10-4-2-1-3-8(10)5-13/h1-2,4,6-8H,3H2. The maximum atomic E-state index is 8.99. The van der Waals surface area contributed by atoms with Crippen LogP contribution in [-0.2, 0) is 0 Å². The first-order valence-electron chi connectivity index (χ1n) is 4.55. The first-order chi connectivity index (χ1) is 7.31. The Kier molecular flexibility index (Phi) is 2.79. The van der Waals surface area contributed by atoms with Gasteiger partial charge in [0.25, 0.3) is 0 Å². The van der Waals surface area contributed by atoms with Crippen LogP contribution in [0.5, 0.6) is 0 Å². The minimum atomic E-state index is -0.111. The molecule has 0 bridgehead atoms. The van der Waals surface area contributed by atoms with Crippen LogP contribution in [0.25, 0.3) is 5.57 Å². The van der Waals surface area contributed by atoms with Gasteiger partial charge in [0.2, 0.25) is 5.28 Å². The zero-order valence-electron chi connectivity index (χ0n) is 7.89. The molecule has 0 fully saturated rings. The lowest BCUT2D eigenvalue weighted by molar-refractivity contribution is 0.856. The van der Waals surface area contributed by atoms with Crippen molar-refractivity contribution in [2.75, 3.05) is 0 Å². The summed E-state index contributed by atoms with van der Waals surface area (Å²) in [6.07, 6.45) is 9.87. The van der Waals surface area contributed by atoms with Crippen LogP contribution in [0.15, 0.2) is 30.6 Å². The van der Waals surface area contributed by atoms with Gasteiger partial charge in [-0.15, -0.1) is 0 Å². The first-order valence-corrected chi connectivity index (χ1v) is 4.93. The van der Waals surface area contributed by atoms with E-state index in [9.17, 15) is 0 Å². The number of nitriles is 1. The molecule has 1 atom stereocenters. The van der Waals surface area contributed by atoms with Gasteiger partial charge in [-0.3, -0.25) is 0 Å². The molecule has 0 saturated heterocycles. The second-order valence-electron chi connectivity index (χ2n) is 3.21. The number of aromatic nitrogens is 2. The molecule has 15 heavy (non-hydrogen) atoms. The van der Waals surface area contributed by atoms with E-state index in [1.165, 1.54) is 0 Å². The maximum absolute atomic E-state index is 8.99. The van der Waals surface area contributed by atoms with Gasteiger partial charge in [-0.25, -0.2) is 9.97 Å². The molecule has 4 heteroatoms. The first kappa shape index (κ1) is 9.88. The number of hydrogen-bond acceptors (Lipinski definition) is 3. The van der Waals surface area contributed by atoms with Crippen molar-refractivity contribution >= 4 is 17.2 Å². The molecule has 3 nitrogen and oxygen atoms in total. The van der Waals surface area contributed by atoms with Crippen molar-refractivity contribution in [3.63, 3.8) is 0 Å². The number of nitrogens with zero attached hydrogens (tertiary/aromatic N) is 3. The van der Waals surface area contributed by atoms with E-state index >= 15 is 0 Å². The smallest absolute Gasteiger partial charge is 0.222 e.